The van der Waals surface area contributed by atoms with Crippen LogP contribution in [0.15, 0.2) is 76.3 Å². The molecule has 0 unspecified atom stereocenters. The smallest absolute Gasteiger partial charge is 0.175 e. The van der Waals surface area contributed by atoms with E-state index in [2.05, 4.69) is 26.5 Å². The SMILES string of the molecule is COc1cc(/C=N/Nc2cccc(C)c2)cc(Br)c1OCc1ccccc1. The first-order chi connectivity index (χ1) is 13.2. The number of halogens is 1. The van der Waals surface area contributed by atoms with E-state index in [1.165, 1.54) is 5.56 Å². The summed E-state index contributed by atoms with van der Waals surface area (Å²) < 4.78 is 12.3. The molecule has 3 aromatic carbocycles. The maximum Gasteiger partial charge on any atom is 0.175 e. The van der Waals surface area contributed by atoms with Crippen LogP contribution in [0, 0.1) is 6.92 Å². The van der Waals surface area contributed by atoms with Crippen molar-refractivity contribution in [2.75, 3.05) is 12.5 Å². The zero-order chi connectivity index (χ0) is 19.1. The molecule has 3 aromatic rings. The van der Waals surface area contributed by atoms with Gasteiger partial charge in [-0.05, 0) is 63.8 Å². The normalized spacial score (nSPS) is 10.8. The monoisotopic (exact) mass is 424 g/mol. The van der Waals surface area contributed by atoms with E-state index in [4.69, 9.17) is 9.47 Å². The first kappa shape index (κ1) is 19.0. The van der Waals surface area contributed by atoms with Crippen LogP contribution in [0.3, 0.4) is 0 Å². The number of hydrogen-bond acceptors (Lipinski definition) is 4. The molecular weight excluding hydrogens is 404 g/mol. The van der Waals surface area contributed by atoms with Crippen molar-refractivity contribution in [2.24, 2.45) is 5.10 Å². The number of hydrogen-bond donors (Lipinski definition) is 1. The topological polar surface area (TPSA) is 42.8 Å². The molecule has 0 saturated carbocycles. The Morgan fingerprint density at radius 1 is 1.04 bits per heavy atom. The average Bonchev–Trinajstić information content (AvgIpc) is 2.67. The van der Waals surface area contributed by atoms with Crippen molar-refractivity contribution in [3.63, 3.8) is 0 Å². The van der Waals surface area contributed by atoms with Crippen molar-refractivity contribution in [3.8, 4) is 11.5 Å². The van der Waals surface area contributed by atoms with Crippen molar-refractivity contribution in [1.82, 2.24) is 0 Å². The van der Waals surface area contributed by atoms with Gasteiger partial charge in [0.05, 0.1) is 23.5 Å². The quantitative estimate of drug-likeness (QED) is 0.385. The largest absolute Gasteiger partial charge is 0.493 e. The van der Waals surface area contributed by atoms with Crippen molar-refractivity contribution in [1.29, 1.82) is 0 Å². The Morgan fingerprint density at radius 2 is 1.85 bits per heavy atom. The second-order valence-corrected chi connectivity index (χ2v) is 6.90. The molecule has 0 radical (unpaired) electrons. The minimum Gasteiger partial charge on any atom is -0.493 e. The van der Waals surface area contributed by atoms with E-state index >= 15 is 0 Å². The molecule has 0 aliphatic heterocycles. The molecular formula is C22H21BrN2O2. The van der Waals surface area contributed by atoms with Gasteiger partial charge in [-0.1, -0.05) is 42.5 Å². The molecule has 138 valence electrons. The van der Waals surface area contributed by atoms with Crippen molar-refractivity contribution in [3.05, 3.63) is 87.9 Å². The maximum absolute atomic E-state index is 5.95. The molecule has 0 saturated heterocycles. The van der Waals surface area contributed by atoms with E-state index in [-0.39, 0.29) is 0 Å². The van der Waals surface area contributed by atoms with E-state index < -0.39 is 0 Å². The Kier molecular flexibility index (Phi) is 6.49. The second-order valence-electron chi connectivity index (χ2n) is 6.05. The molecule has 0 amide bonds. The highest BCUT2D eigenvalue weighted by Crippen LogP contribution is 2.36. The molecule has 1 N–H and O–H groups in total. The van der Waals surface area contributed by atoms with Crippen LogP contribution >= 0.6 is 15.9 Å². The highest BCUT2D eigenvalue weighted by Gasteiger charge is 2.11. The summed E-state index contributed by atoms with van der Waals surface area (Å²) in [4.78, 5) is 0. The molecule has 0 aliphatic rings. The van der Waals surface area contributed by atoms with Crippen LogP contribution < -0.4 is 14.9 Å². The molecule has 0 atom stereocenters. The Hall–Kier alpha value is -2.79. The lowest BCUT2D eigenvalue weighted by atomic mass is 10.2. The number of ether oxygens (including phenoxy) is 2. The number of nitrogens with one attached hydrogen (secondary N) is 1. The summed E-state index contributed by atoms with van der Waals surface area (Å²) in [5.41, 5.74) is 7.15. The summed E-state index contributed by atoms with van der Waals surface area (Å²) >= 11 is 3.57. The predicted octanol–water partition coefficient (Wildman–Crippen LogP) is 5.79. The number of anilines is 1. The Bertz CT molecular complexity index is 927. The van der Waals surface area contributed by atoms with Crippen LogP contribution in [0.2, 0.25) is 0 Å². The van der Waals surface area contributed by atoms with Gasteiger partial charge in [-0.2, -0.15) is 5.10 Å². The summed E-state index contributed by atoms with van der Waals surface area (Å²) in [5.74, 6) is 1.32. The summed E-state index contributed by atoms with van der Waals surface area (Å²) in [6.07, 6.45) is 1.75. The number of benzene rings is 3. The molecule has 0 fully saturated rings. The number of hydrazone groups is 1. The van der Waals surface area contributed by atoms with E-state index in [0.717, 1.165) is 21.3 Å². The molecule has 27 heavy (non-hydrogen) atoms. The van der Waals surface area contributed by atoms with Gasteiger partial charge in [-0.25, -0.2) is 0 Å². The third kappa shape index (κ3) is 5.34. The van der Waals surface area contributed by atoms with Gasteiger partial charge in [0.1, 0.15) is 6.61 Å². The number of rotatable bonds is 7. The van der Waals surface area contributed by atoms with Crippen LogP contribution in [-0.2, 0) is 6.61 Å². The standard InChI is InChI=1S/C22H21BrN2O2/c1-16-7-6-10-19(11-16)25-24-14-18-12-20(23)22(21(13-18)26-2)27-15-17-8-4-3-5-9-17/h3-14,25H,15H2,1-2H3/b24-14+. The Balaban J connectivity index is 1.72. The van der Waals surface area contributed by atoms with E-state index in [1.807, 2.05) is 73.7 Å². The van der Waals surface area contributed by atoms with Crippen LogP contribution in [0.1, 0.15) is 16.7 Å². The lowest BCUT2D eigenvalue weighted by Gasteiger charge is -2.13. The molecule has 4 nitrogen and oxygen atoms in total. The summed E-state index contributed by atoms with van der Waals surface area (Å²) in [7, 11) is 1.63. The average molecular weight is 425 g/mol. The Labute approximate surface area is 168 Å². The van der Waals surface area contributed by atoms with Crippen LogP contribution in [0.4, 0.5) is 5.69 Å². The fourth-order valence-electron chi connectivity index (χ4n) is 2.58. The van der Waals surface area contributed by atoms with Crippen molar-refractivity contribution in [2.45, 2.75) is 13.5 Å². The highest BCUT2D eigenvalue weighted by molar-refractivity contribution is 9.10. The highest BCUT2D eigenvalue weighted by atomic mass is 79.9. The third-order valence-corrected chi connectivity index (χ3v) is 4.49. The first-order valence-electron chi connectivity index (χ1n) is 8.55. The fraction of sp³-hybridized carbons (Fsp3) is 0.136. The van der Waals surface area contributed by atoms with Crippen LogP contribution in [0.5, 0.6) is 11.5 Å². The van der Waals surface area contributed by atoms with Gasteiger partial charge in [0, 0.05) is 0 Å². The number of nitrogens with zero attached hydrogens (tertiary/aromatic N) is 1. The number of methoxy groups -OCH3 is 1. The minimum atomic E-state index is 0.470. The molecule has 0 aromatic heterocycles. The third-order valence-electron chi connectivity index (χ3n) is 3.90. The molecule has 0 aliphatic carbocycles. The lowest BCUT2D eigenvalue weighted by molar-refractivity contribution is 0.282. The molecule has 0 bridgehead atoms. The summed E-state index contributed by atoms with van der Waals surface area (Å²) in [5, 5.41) is 4.30. The van der Waals surface area contributed by atoms with Gasteiger partial charge in [0.15, 0.2) is 11.5 Å². The van der Waals surface area contributed by atoms with E-state index in [9.17, 15) is 0 Å². The van der Waals surface area contributed by atoms with Crippen LogP contribution in [-0.4, -0.2) is 13.3 Å². The van der Waals surface area contributed by atoms with Gasteiger partial charge in [-0.15, -0.1) is 0 Å². The van der Waals surface area contributed by atoms with Crippen molar-refractivity contribution >= 4 is 27.8 Å². The van der Waals surface area contributed by atoms with E-state index in [1.54, 1.807) is 13.3 Å². The van der Waals surface area contributed by atoms with Crippen LogP contribution in [0.25, 0.3) is 0 Å². The van der Waals surface area contributed by atoms with Crippen molar-refractivity contribution < 1.29 is 9.47 Å². The van der Waals surface area contributed by atoms with Gasteiger partial charge in [0.25, 0.3) is 0 Å². The first-order valence-corrected chi connectivity index (χ1v) is 9.35. The molecule has 3 rings (SSSR count). The van der Waals surface area contributed by atoms with Gasteiger partial charge >= 0.3 is 0 Å². The fourth-order valence-corrected chi connectivity index (χ4v) is 3.15. The number of aryl methyl sites for hydroxylation is 1. The zero-order valence-corrected chi connectivity index (χ0v) is 16.9. The maximum atomic E-state index is 5.95. The predicted molar refractivity (Wildman–Crippen MR) is 114 cm³/mol. The summed E-state index contributed by atoms with van der Waals surface area (Å²) in [6, 6.07) is 21.9. The Morgan fingerprint density at radius 3 is 2.59 bits per heavy atom. The zero-order valence-electron chi connectivity index (χ0n) is 15.3. The molecule has 0 heterocycles. The van der Waals surface area contributed by atoms with E-state index in [0.29, 0.717) is 18.1 Å². The summed E-state index contributed by atoms with van der Waals surface area (Å²) in [6.45, 7) is 2.52. The minimum absolute atomic E-state index is 0.470. The molecule has 0 spiro atoms. The van der Waals surface area contributed by atoms with Gasteiger partial charge < -0.3 is 9.47 Å². The van der Waals surface area contributed by atoms with Gasteiger partial charge in [0.2, 0.25) is 0 Å². The second kappa shape index (κ2) is 9.24. The molecule has 5 heteroatoms. The lowest BCUT2D eigenvalue weighted by Crippen LogP contribution is -2.00. The van der Waals surface area contributed by atoms with Gasteiger partial charge in [-0.3, -0.25) is 5.43 Å².